The molecule has 8 aromatic carbocycles. The van der Waals surface area contributed by atoms with Gasteiger partial charge in [-0.2, -0.15) is 0 Å². The molecular formula is C42H27NO. The number of hydrogen-bond donors (Lipinski definition) is 0. The number of furan rings is 1. The highest BCUT2D eigenvalue weighted by Gasteiger charge is 2.18. The third-order valence-corrected chi connectivity index (χ3v) is 8.81. The number of rotatable bonds is 4. The van der Waals surface area contributed by atoms with E-state index in [0.717, 1.165) is 39.0 Å². The van der Waals surface area contributed by atoms with E-state index in [1.54, 1.807) is 0 Å². The van der Waals surface area contributed by atoms with E-state index in [-0.39, 0.29) is 0 Å². The van der Waals surface area contributed by atoms with Gasteiger partial charge in [0.2, 0.25) is 0 Å². The van der Waals surface area contributed by atoms with Crippen molar-refractivity contribution in [2.45, 2.75) is 0 Å². The van der Waals surface area contributed by atoms with Crippen molar-refractivity contribution in [2.75, 3.05) is 4.90 Å². The van der Waals surface area contributed by atoms with Gasteiger partial charge in [0, 0.05) is 27.5 Å². The smallest absolute Gasteiger partial charge is 0.135 e. The van der Waals surface area contributed by atoms with E-state index >= 15 is 0 Å². The average molecular weight is 562 g/mol. The molecule has 0 aliphatic heterocycles. The van der Waals surface area contributed by atoms with Crippen LogP contribution in [0.15, 0.2) is 168 Å². The molecule has 2 nitrogen and oxygen atoms in total. The molecule has 0 bridgehead atoms. The molecule has 2 heteroatoms. The van der Waals surface area contributed by atoms with Gasteiger partial charge in [0.25, 0.3) is 0 Å². The van der Waals surface area contributed by atoms with Gasteiger partial charge in [-0.3, -0.25) is 0 Å². The average Bonchev–Trinajstić information content (AvgIpc) is 3.47. The number of hydrogen-bond acceptors (Lipinski definition) is 2. The lowest BCUT2D eigenvalue weighted by Gasteiger charge is -2.28. The van der Waals surface area contributed by atoms with Gasteiger partial charge in [-0.1, -0.05) is 115 Å². The van der Waals surface area contributed by atoms with E-state index in [9.17, 15) is 0 Å². The van der Waals surface area contributed by atoms with Crippen LogP contribution in [-0.4, -0.2) is 0 Å². The molecule has 0 amide bonds. The SMILES string of the molecule is c1ccc2cc(N(c3ccc(-c4ccc5oc6ccccc6c5c4)cc3)c3cc4ccccc4c4ccccc34)ccc2c1. The Kier molecular flexibility index (Phi) is 5.54. The van der Waals surface area contributed by atoms with Crippen molar-refractivity contribution in [1.82, 2.24) is 0 Å². The second kappa shape index (κ2) is 9.86. The van der Waals surface area contributed by atoms with E-state index < -0.39 is 0 Å². The Morgan fingerprint density at radius 2 is 0.955 bits per heavy atom. The Morgan fingerprint density at radius 1 is 0.341 bits per heavy atom. The summed E-state index contributed by atoms with van der Waals surface area (Å²) < 4.78 is 6.08. The summed E-state index contributed by atoms with van der Waals surface area (Å²) in [7, 11) is 0. The van der Waals surface area contributed by atoms with E-state index in [4.69, 9.17) is 4.42 Å². The maximum atomic E-state index is 6.08. The quantitative estimate of drug-likeness (QED) is 0.199. The zero-order chi connectivity index (χ0) is 29.0. The summed E-state index contributed by atoms with van der Waals surface area (Å²) >= 11 is 0. The van der Waals surface area contributed by atoms with E-state index in [1.807, 2.05) is 12.1 Å². The van der Waals surface area contributed by atoms with Crippen molar-refractivity contribution in [2.24, 2.45) is 0 Å². The third-order valence-electron chi connectivity index (χ3n) is 8.81. The van der Waals surface area contributed by atoms with Gasteiger partial charge in [-0.05, 0) is 86.6 Å². The zero-order valence-electron chi connectivity index (χ0n) is 23.9. The fraction of sp³-hybridized carbons (Fsp3) is 0. The summed E-state index contributed by atoms with van der Waals surface area (Å²) in [5, 5.41) is 9.71. The molecule has 1 heterocycles. The van der Waals surface area contributed by atoms with Crippen LogP contribution in [-0.2, 0) is 0 Å². The minimum absolute atomic E-state index is 0.914. The van der Waals surface area contributed by atoms with Crippen molar-refractivity contribution < 1.29 is 4.42 Å². The van der Waals surface area contributed by atoms with E-state index in [1.165, 1.54) is 43.4 Å². The highest BCUT2D eigenvalue weighted by Crippen LogP contribution is 2.43. The zero-order valence-corrected chi connectivity index (χ0v) is 23.9. The van der Waals surface area contributed by atoms with Crippen LogP contribution in [0.1, 0.15) is 0 Å². The Bertz CT molecular complexity index is 2500. The molecule has 1 aromatic heterocycles. The summed E-state index contributed by atoms with van der Waals surface area (Å²) in [6, 6.07) is 58.7. The molecule has 0 saturated carbocycles. The second-order valence-corrected chi connectivity index (χ2v) is 11.4. The van der Waals surface area contributed by atoms with Crippen molar-refractivity contribution >= 4 is 71.3 Å². The van der Waals surface area contributed by atoms with Gasteiger partial charge >= 0.3 is 0 Å². The maximum Gasteiger partial charge on any atom is 0.135 e. The maximum absolute atomic E-state index is 6.08. The number of para-hydroxylation sites is 1. The first-order valence-corrected chi connectivity index (χ1v) is 15.0. The lowest BCUT2D eigenvalue weighted by molar-refractivity contribution is 0.669. The number of benzene rings is 8. The normalized spacial score (nSPS) is 11.6. The topological polar surface area (TPSA) is 16.4 Å². The lowest BCUT2D eigenvalue weighted by atomic mass is 9.98. The Labute approximate surface area is 255 Å². The number of anilines is 3. The van der Waals surface area contributed by atoms with Crippen LogP contribution in [0.25, 0.3) is 65.4 Å². The standard InChI is InChI=1S/C42H27NO/c1-2-10-30-25-34(23-19-28(30)9-1)43(40-27-32-11-3-4-12-35(32)36-13-5-6-14-37(36)40)33-21-17-29(18-22-33)31-20-24-42-39(26-31)38-15-7-8-16-41(38)44-42/h1-27H. The fourth-order valence-corrected chi connectivity index (χ4v) is 6.67. The predicted octanol–water partition coefficient (Wildman–Crippen LogP) is 12.2. The van der Waals surface area contributed by atoms with E-state index in [0.29, 0.717) is 0 Å². The molecule has 0 radical (unpaired) electrons. The first-order chi connectivity index (χ1) is 21.8. The largest absolute Gasteiger partial charge is 0.456 e. The molecule has 0 aliphatic carbocycles. The van der Waals surface area contributed by atoms with Gasteiger partial charge in [0.15, 0.2) is 0 Å². The molecule has 9 rings (SSSR count). The summed E-state index contributed by atoms with van der Waals surface area (Å²) in [6.45, 7) is 0. The molecule has 0 aliphatic rings. The van der Waals surface area contributed by atoms with Crippen LogP contribution in [0, 0.1) is 0 Å². The minimum Gasteiger partial charge on any atom is -0.456 e. The molecule has 9 aromatic rings. The third kappa shape index (κ3) is 3.96. The Hall–Kier alpha value is -5.86. The van der Waals surface area contributed by atoms with Gasteiger partial charge in [-0.15, -0.1) is 0 Å². The molecule has 206 valence electrons. The minimum atomic E-state index is 0.914. The van der Waals surface area contributed by atoms with Crippen LogP contribution in [0.4, 0.5) is 17.1 Å². The van der Waals surface area contributed by atoms with Gasteiger partial charge in [0.1, 0.15) is 11.2 Å². The van der Waals surface area contributed by atoms with Crippen LogP contribution in [0.3, 0.4) is 0 Å². The molecule has 0 atom stereocenters. The van der Waals surface area contributed by atoms with Crippen LogP contribution in [0.2, 0.25) is 0 Å². The molecule has 0 N–H and O–H groups in total. The van der Waals surface area contributed by atoms with Crippen LogP contribution in [0.5, 0.6) is 0 Å². The van der Waals surface area contributed by atoms with Gasteiger partial charge in [0.05, 0.1) is 5.69 Å². The molecular weight excluding hydrogens is 534 g/mol. The lowest BCUT2D eigenvalue weighted by Crippen LogP contribution is -2.10. The Morgan fingerprint density at radius 3 is 1.80 bits per heavy atom. The predicted molar refractivity (Wildman–Crippen MR) is 186 cm³/mol. The molecule has 0 saturated heterocycles. The molecule has 44 heavy (non-hydrogen) atoms. The number of nitrogens with zero attached hydrogens (tertiary/aromatic N) is 1. The van der Waals surface area contributed by atoms with Crippen LogP contribution < -0.4 is 4.90 Å². The monoisotopic (exact) mass is 561 g/mol. The molecule has 0 spiro atoms. The van der Waals surface area contributed by atoms with Crippen LogP contribution >= 0.6 is 0 Å². The summed E-state index contributed by atoms with van der Waals surface area (Å²) in [6.07, 6.45) is 0. The number of fused-ring (bicyclic) bond motifs is 7. The summed E-state index contributed by atoms with van der Waals surface area (Å²) in [4.78, 5) is 2.40. The highest BCUT2D eigenvalue weighted by atomic mass is 16.3. The van der Waals surface area contributed by atoms with Crippen molar-refractivity contribution in [3.63, 3.8) is 0 Å². The molecule has 0 unspecified atom stereocenters. The summed E-state index contributed by atoms with van der Waals surface area (Å²) in [5.41, 5.74) is 7.57. The van der Waals surface area contributed by atoms with Gasteiger partial charge < -0.3 is 9.32 Å². The first kappa shape index (κ1) is 24.7. The fourth-order valence-electron chi connectivity index (χ4n) is 6.67. The van der Waals surface area contributed by atoms with E-state index in [2.05, 4.69) is 157 Å². The van der Waals surface area contributed by atoms with Crippen molar-refractivity contribution in [1.29, 1.82) is 0 Å². The van der Waals surface area contributed by atoms with Crippen molar-refractivity contribution in [3.8, 4) is 11.1 Å². The highest BCUT2D eigenvalue weighted by molar-refractivity contribution is 6.15. The summed E-state index contributed by atoms with van der Waals surface area (Å²) in [5.74, 6) is 0. The second-order valence-electron chi connectivity index (χ2n) is 11.4. The van der Waals surface area contributed by atoms with Gasteiger partial charge in [-0.25, -0.2) is 0 Å². The first-order valence-electron chi connectivity index (χ1n) is 15.0. The van der Waals surface area contributed by atoms with Crippen molar-refractivity contribution in [3.05, 3.63) is 164 Å². The molecule has 0 fully saturated rings. The Balaban J connectivity index is 1.23.